The van der Waals surface area contributed by atoms with Crippen LogP contribution in [0.5, 0.6) is 0 Å². The molecule has 0 aliphatic heterocycles. The van der Waals surface area contributed by atoms with E-state index in [1.807, 2.05) is 13.8 Å². The van der Waals surface area contributed by atoms with Crippen LogP contribution in [-0.4, -0.2) is 20.0 Å². The van der Waals surface area contributed by atoms with Crippen LogP contribution in [0.4, 0.5) is 0 Å². The fourth-order valence-corrected chi connectivity index (χ4v) is 5.56. The normalized spacial score (nSPS) is 12.3. The number of carbonyl (C=O) groups is 2. The fraction of sp³-hybridized carbons (Fsp3) is 0.0625. The standard InChI is InChI=1S/C32H24Cl2O4S/c1-21-3-11-25(12-4-21)31(35)29(19-23-7-15-27(33)16-8-23)39(37,38)30(20-24-9-17-28(34)18-10-24)32(36)26-13-5-22(2)6-14-26/h3-20H,1-2H3/b29-19-,30-20+. The summed E-state index contributed by atoms with van der Waals surface area (Å²) in [6.45, 7) is 3.73. The van der Waals surface area contributed by atoms with Crippen molar-refractivity contribution >= 4 is 56.8 Å². The maximum atomic E-state index is 14.3. The Morgan fingerprint density at radius 3 is 1.15 bits per heavy atom. The van der Waals surface area contributed by atoms with E-state index in [-0.39, 0.29) is 11.1 Å². The number of hydrogen-bond donors (Lipinski definition) is 0. The van der Waals surface area contributed by atoms with Crippen molar-refractivity contribution in [2.45, 2.75) is 13.8 Å². The van der Waals surface area contributed by atoms with Gasteiger partial charge in [0.1, 0.15) is 9.81 Å². The van der Waals surface area contributed by atoms with Gasteiger partial charge in [-0.2, -0.15) is 0 Å². The Labute approximate surface area is 238 Å². The van der Waals surface area contributed by atoms with Gasteiger partial charge in [0, 0.05) is 21.2 Å². The second kappa shape index (κ2) is 12.0. The Morgan fingerprint density at radius 1 is 0.538 bits per heavy atom. The van der Waals surface area contributed by atoms with Crippen molar-refractivity contribution in [3.05, 3.63) is 150 Å². The summed E-state index contributed by atoms with van der Waals surface area (Å²) >= 11 is 12.0. The van der Waals surface area contributed by atoms with Gasteiger partial charge in [0.05, 0.1) is 0 Å². The number of benzene rings is 4. The highest BCUT2D eigenvalue weighted by Crippen LogP contribution is 2.29. The minimum Gasteiger partial charge on any atom is -0.288 e. The van der Waals surface area contributed by atoms with Crippen LogP contribution in [-0.2, 0) is 9.84 Å². The minimum absolute atomic E-state index is 0.179. The van der Waals surface area contributed by atoms with Crippen LogP contribution >= 0.6 is 23.2 Å². The van der Waals surface area contributed by atoms with Crippen LogP contribution in [0, 0.1) is 13.8 Å². The molecule has 4 nitrogen and oxygen atoms in total. The highest BCUT2D eigenvalue weighted by atomic mass is 35.5. The summed E-state index contributed by atoms with van der Waals surface area (Å²) in [5.41, 5.74) is 3.06. The van der Waals surface area contributed by atoms with Crippen molar-refractivity contribution in [1.82, 2.24) is 0 Å². The van der Waals surface area contributed by atoms with Gasteiger partial charge in [0.2, 0.25) is 21.4 Å². The fourth-order valence-electron chi connectivity index (χ4n) is 3.76. The third kappa shape index (κ3) is 6.82. The first kappa shape index (κ1) is 28.2. The molecule has 0 saturated carbocycles. The van der Waals surface area contributed by atoms with Gasteiger partial charge in [-0.15, -0.1) is 0 Å². The first-order valence-electron chi connectivity index (χ1n) is 12.0. The zero-order valence-electron chi connectivity index (χ0n) is 21.2. The molecule has 0 amide bonds. The number of rotatable bonds is 8. The molecular weight excluding hydrogens is 551 g/mol. The second-order valence-electron chi connectivity index (χ2n) is 9.01. The monoisotopic (exact) mass is 574 g/mol. The molecule has 0 N–H and O–H groups in total. The number of Topliss-reactive ketones (excluding diaryl/α,β-unsaturated/α-hetero) is 2. The van der Waals surface area contributed by atoms with Gasteiger partial charge in [-0.05, 0) is 61.4 Å². The van der Waals surface area contributed by atoms with Gasteiger partial charge in [0.25, 0.3) is 0 Å². The van der Waals surface area contributed by atoms with E-state index in [4.69, 9.17) is 23.2 Å². The lowest BCUT2D eigenvalue weighted by Gasteiger charge is -2.13. The molecule has 0 saturated heterocycles. The van der Waals surface area contributed by atoms with Crippen LogP contribution in [0.15, 0.2) is 107 Å². The molecule has 4 aromatic rings. The number of allylic oxidation sites excluding steroid dienone is 2. The molecule has 0 unspecified atom stereocenters. The summed E-state index contributed by atoms with van der Waals surface area (Å²) in [7, 11) is -4.64. The van der Waals surface area contributed by atoms with E-state index in [0.29, 0.717) is 21.2 Å². The molecule has 0 fully saturated rings. The van der Waals surface area contributed by atoms with E-state index in [2.05, 4.69) is 0 Å². The molecule has 0 aliphatic carbocycles. The van der Waals surface area contributed by atoms with Gasteiger partial charge in [-0.25, -0.2) is 8.42 Å². The number of sulfone groups is 1. The number of hydrogen-bond acceptors (Lipinski definition) is 4. The van der Waals surface area contributed by atoms with Crippen LogP contribution < -0.4 is 0 Å². The molecule has 4 aromatic carbocycles. The average Bonchev–Trinajstić information content (AvgIpc) is 2.92. The van der Waals surface area contributed by atoms with E-state index < -0.39 is 31.2 Å². The molecule has 0 aromatic heterocycles. The second-order valence-corrected chi connectivity index (χ2v) is 11.8. The smallest absolute Gasteiger partial charge is 0.214 e. The van der Waals surface area contributed by atoms with E-state index in [1.54, 1.807) is 97.1 Å². The zero-order valence-corrected chi connectivity index (χ0v) is 23.5. The van der Waals surface area contributed by atoms with E-state index in [1.165, 1.54) is 12.2 Å². The third-order valence-corrected chi connectivity index (χ3v) is 8.26. The summed E-state index contributed by atoms with van der Waals surface area (Å²) in [6.07, 6.45) is 2.54. The van der Waals surface area contributed by atoms with E-state index in [0.717, 1.165) is 11.1 Å². The lowest BCUT2D eigenvalue weighted by Crippen LogP contribution is -2.21. The zero-order chi connectivity index (χ0) is 28.2. The maximum Gasteiger partial charge on any atom is 0.214 e. The SMILES string of the molecule is Cc1ccc(C(=O)/C(=C/c2ccc(Cl)cc2)S(=O)(=O)/C(=C/c2ccc(Cl)cc2)C(=O)c2ccc(C)cc2)cc1. The first-order chi connectivity index (χ1) is 18.5. The van der Waals surface area contributed by atoms with Crippen LogP contribution in [0.3, 0.4) is 0 Å². The highest BCUT2D eigenvalue weighted by Gasteiger charge is 2.34. The van der Waals surface area contributed by atoms with Gasteiger partial charge in [-0.3, -0.25) is 9.59 Å². The molecule has 0 heterocycles. The maximum absolute atomic E-state index is 14.3. The van der Waals surface area contributed by atoms with Gasteiger partial charge in [-0.1, -0.05) is 107 Å². The molecule has 0 atom stereocenters. The molecule has 196 valence electrons. The largest absolute Gasteiger partial charge is 0.288 e. The molecule has 4 rings (SSSR count). The van der Waals surface area contributed by atoms with E-state index in [9.17, 15) is 18.0 Å². The Bertz CT molecular complexity index is 1560. The van der Waals surface area contributed by atoms with Gasteiger partial charge < -0.3 is 0 Å². The Balaban J connectivity index is 1.94. The van der Waals surface area contributed by atoms with Crippen molar-refractivity contribution in [3.8, 4) is 0 Å². The Hall–Kier alpha value is -3.77. The van der Waals surface area contributed by atoms with Crippen LogP contribution in [0.2, 0.25) is 10.0 Å². The van der Waals surface area contributed by atoms with Crippen molar-refractivity contribution in [3.63, 3.8) is 0 Å². The topological polar surface area (TPSA) is 68.3 Å². The summed E-state index contributed by atoms with van der Waals surface area (Å²) in [5.74, 6) is -1.47. The average molecular weight is 576 g/mol. The Kier molecular flexibility index (Phi) is 8.66. The number of carbonyl (C=O) groups excluding carboxylic acids is 2. The predicted octanol–water partition coefficient (Wildman–Crippen LogP) is 8.17. The lowest BCUT2D eigenvalue weighted by molar-refractivity contribution is 0.103. The van der Waals surface area contributed by atoms with Crippen molar-refractivity contribution in [1.29, 1.82) is 0 Å². The van der Waals surface area contributed by atoms with Gasteiger partial charge in [0.15, 0.2) is 0 Å². The molecule has 0 spiro atoms. The van der Waals surface area contributed by atoms with Crippen molar-refractivity contribution in [2.24, 2.45) is 0 Å². The molecular formula is C32H24Cl2O4S. The van der Waals surface area contributed by atoms with Crippen LogP contribution in [0.25, 0.3) is 12.2 Å². The summed E-state index contributed by atoms with van der Waals surface area (Å²) in [5, 5.41) is 0.915. The number of halogens is 2. The first-order valence-corrected chi connectivity index (χ1v) is 14.2. The lowest BCUT2D eigenvalue weighted by atomic mass is 10.1. The predicted molar refractivity (Wildman–Crippen MR) is 159 cm³/mol. The quantitative estimate of drug-likeness (QED) is 0.157. The summed E-state index contributed by atoms with van der Waals surface area (Å²) < 4.78 is 28.6. The minimum atomic E-state index is -4.64. The molecule has 7 heteroatoms. The van der Waals surface area contributed by atoms with E-state index >= 15 is 0 Å². The van der Waals surface area contributed by atoms with Gasteiger partial charge >= 0.3 is 0 Å². The molecule has 39 heavy (non-hydrogen) atoms. The molecule has 0 aliphatic rings. The molecule has 0 radical (unpaired) electrons. The summed E-state index contributed by atoms with van der Waals surface area (Å²) in [6, 6.07) is 25.9. The third-order valence-electron chi connectivity index (χ3n) is 5.99. The number of aryl methyl sites for hydroxylation is 2. The van der Waals surface area contributed by atoms with Crippen molar-refractivity contribution < 1.29 is 18.0 Å². The highest BCUT2D eigenvalue weighted by molar-refractivity contribution is 8.01. The summed E-state index contributed by atoms with van der Waals surface area (Å²) in [4.78, 5) is 26.4. The number of ketones is 2. The van der Waals surface area contributed by atoms with Crippen LogP contribution in [0.1, 0.15) is 43.0 Å². The molecule has 0 bridgehead atoms. The van der Waals surface area contributed by atoms with Crippen molar-refractivity contribution in [2.75, 3.05) is 0 Å². The Morgan fingerprint density at radius 2 is 0.846 bits per heavy atom.